The number of aromatic nitrogens is 3. The first kappa shape index (κ1) is 22.3. The second kappa shape index (κ2) is 9.11. The fourth-order valence-corrected chi connectivity index (χ4v) is 4.54. The monoisotopic (exact) mass is 475 g/mol. The topological polar surface area (TPSA) is 71.3 Å². The lowest BCUT2D eigenvalue weighted by molar-refractivity contribution is 0.0951. The van der Waals surface area contributed by atoms with Crippen LogP contribution in [0.2, 0.25) is 0 Å². The zero-order chi connectivity index (χ0) is 24.6. The van der Waals surface area contributed by atoms with E-state index in [4.69, 9.17) is 4.98 Å². The molecule has 1 aliphatic rings. The Balaban J connectivity index is 1.45. The van der Waals surface area contributed by atoms with Gasteiger partial charge in [-0.2, -0.15) is 0 Å². The van der Waals surface area contributed by atoms with Crippen molar-refractivity contribution in [2.45, 2.75) is 32.7 Å². The van der Waals surface area contributed by atoms with Gasteiger partial charge in [0.15, 0.2) is 5.65 Å². The number of amides is 1. The Hall–Kier alpha value is -4.19. The number of hydrogen-bond acceptors (Lipinski definition) is 4. The van der Waals surface area contributed by atoms with Crippen molar-refractivity contribution in [3.05, 3.63) is 84.8 Å². The molecule has 3 heterocycles. The lowest BCUT2D eigenvalue weighted by Crippen LogP contribution is -2.25. The first-order valence-electron chi connectivity index (χ1n) is 12.6. The Bertz CT molecular complexity index is 1560. The molecule has 36 heavy (non-hydrogen) atoms. The average molecular weight is 476 g/mol. The maximum Gasteiger partial charge on any atom is 0.251 e. The molecule has 3 aromatic heterocycles. The summed E-state index contributed by atoms with van der Waals surface area (Å²) in [7, 11) is 0. The van der Waals surface area contributed by atoms with Crippen molar-refractivity contribution in [1.29, 1.82) is 0 Å². The molecule has 1 saturated carbocycles. The number of rotatable bonds is 7. The summed E-state index contributed by atoms with van der Waals surface area (Å²) in [6.45, 7) is 5.24. The van der Waals surface area contributed by atoms with E-state index in [2.05, 4.69) is 64.3 Å². The third-order valence-corrected chi connectivity index (χ3v) is 6.62. The Morgan fingerprint density at radius 2 is 1.86 bits per heavy atom. The summed E-state index contributed by atoms with van der Waals surface area (Å²) in [6, 6.07) is 20.6. The number of nitrogens with zero attached hydrogens (tertiary/aromatic N) is 3. The van der Waals surface area contributed by atoms with Crippen molar-refractivity contribution in [2.24, 2.45) is 5.92 Å². The fraction of sp³-hybridized carbons (Fsp3) is 0.233. The summed E-state index contributed by atoms with van der Waals surface area (Å²) in [5.41, 5.74) is 7.73. The van der Waals surface area contributed by atoms with Gasteiger partial charge in [0.1, 0.15) is 0 Å². The average Bonchev–Trinajstić information content (AvgIpc) is 3.61. The predicted octanol–water partition coefficient (Wildman–Crippen LogP) is 6.18. The van der Waals surface area contributed by atoms with E-state index in [9.17, 15) is 4.79 Å². The van der Waals surface area contributed by atoms with Crippen molar-refractivity contribution in [3.63, 3.8) is 0 Å². The van der Waals surface area contributed by atoms with E-state index in [1.54, 1.807) is 0 Å². The number of fused-ring (bicyclic) bond motifs is 2. The lowest BCUT2D eigenvalue weighted by atomic mass is 10.0. The van der Waals surface area contributed by atoms with Crippen LogP contribution in [0, 0.1) is 5.92 Å². The van der Waals surface area contributed by atoms with Crippen molar-refractivity contribution >= 4 is 28.1 Å². The molecule has 5 aromatic rings. The number of benzene rings is 2. The highest BCUT2D eigenvalue weighted by molar-refractivity contribution is 5.96. The van der Waals surface area contributed by atoms with Crippen LogP contribution in [0.1, 0.15) is 37.0 Å². The third-order valence-electron chi connectivity index (χ3n) is 6.62. The largest absolute Gasteiger partial charge is 0.382 e. The number of nitrogens with one attached hydrogen (secondary N) is 2. The molecule has 0 radical (unpaired) electrons. The van der Waals surface area contributed by atoms with Crippen LogP contribution in [0.3, 0.4) is 0 Å². The van der Waals surface area contributed by atoms with Gasteiger partial charge in [0.25, 0.3) is 5.91 Å². The smallest absolute Gasteiger partial charge is 0.251 e. The van der Waals surface area contributed by atoms with E-state index in [1.807, 2.05) is 48.8 Å². The van der Waals surface area contributed by atoms with Crippen LogP contribution in [0.15, 0.2) is 79.3 Å². The zero-order valence-corrected chi connectivity index (χ0v) is 20.5. The molecule has 0 spiro atoms. The van der Waals surface area contributed by atoms with Crippen LogP contribution in [-0.4, -0.2) is 32.9 Å². The second-order valence-electron chi connectivity index (χ2n) is 9.95. The van der Waals surface area contributed by atoms with Crippen LogP contribution in [0.5, 0.6) is 0 Å². The summed E-state index contributed by atoms with van der Waals surface area (Å²) in [4.78, 5) is 21.8. The molecule has 1 fully saturated rings. The molecule has 0 bridgehead atoms. The molecule has 2 N–H and O–H groups in total. The Morgan fingerprint density at radius 1 is 1.03 bits per heavy atom. The molecule has 6 nitrogen and oxygen atoms in total. The minimum atomic E-state index is -0.00536. The lowest BCUT2D eigenvalue weighted by Gasteiger charge is -2.15. The Labute approximate surface area is 210 Å². The highest BCUT2D eigenvalue weighted by Gasteiger charge is 2.23. The van der Waals surface area contributed by atoms with Gasteiger partial charge in [-0.25, -0.2) is 4.98 Å². The molecule has 2 aromatic carbocycles. The van der Waals surface area contributed by atoms with Crippen molar-refractivity contribution in [2.75, 3.05) is 11.9 Å². The zero-order valence-electron chi connectivity index (χ0n) is 20.5. The van der Waals surface area contributed by atoms with Crippen molar-refractivity contribution in [1.82, 2.24) is 19.7 Å². The van der Waals surface area contributed by atoms with Gasteiger partial charge in [-0.1, -0.05) is 44.2 Å². The van der Waals surface area contributed by atoms with E-state index in [0.717, 1.165) is 64.0 Å². The number of imidazole rings is 1. The normalized spacial score (nSPS) is 13.4. The van der Waals surface area contributed by atoms with Crippen LogP contribution < -0.4 is 10.6 Å². The molecule has 0 saturated heterocycles. The van der Waals surface area contributed by atoms with E-state index in [1.165, 1.54) is 0 Å². The number of pyridine rings is 2. The Kier molecular flexibility index (Phi) is 5.64. The first-order chi connectivity index (χ1) is 17.6. The molecule has 0 aliphatic heterocycles. The van der Waals surface area contributed by atoms with Crippen LogP contribution >= 0.6 is 0 Å². The molecular formula is C30H29N5O. The maximum atomic E-state index is 12.4. The van der Waals surface area contributed by atoms with Gasteiger partial charge in [-0.3, -0.25) is 14.2 Å². The predicted molar refractivity (Wildman–Crippen MR) is 145 cm³/mol. The quantitative estimate of drug-likeness (QED) is 0.295. The van der Waals surface area contributed by atoms with E-state index in [-0.39, 0.29) is 5.91 Å². The van der Waals surface area contributed by atoms with Gasteiger partial charge < -0.3 is 10.6 Å². The molecule has 0 atom stereocenters. The first-order valence-corrected chi connectivity index (χ1v) is 12.6. The molecule has 0 unspecified atom stereocenters. The fourth-order valence-electron chi connectivity index (χ4n) is 4.54. The number of anilines is 1. The van der Waals surface area contributed by atoms with E-state index >= 15 is 0 Å². The molecule has 6 heteroatoms. The molecule has 180 valence electrons. The Morgan fingerprint density at radius 3 is 2.64 bits per heavy atom. The number of carbonyl (C=O) groups is 1. The molecule has 1 aliphatic carbocycles. The number of hydrogen-bond donors (Lipinski definition) is 2. The standard InChI is InChI=1S/C30H29N5O/c1-19(2)16-32-27-15-22(24-5-3-7-26-25(24)6-4-14-31-26)18-35-28(17-33-29(27)35)20-8-10-21(11-9-20)30(36)34-23-12-13-23/h3-11,14-15,17-19,23,32H,12-13,16H2,1-2H3,(H,34,36). The van der Waals surface area contributed by atoms with Gasteiger partial charge in [0.05, 0.1) is 23.1 Å². The van der Waals surface area contributed by atoms with Gasteiger partial charge in [0, 0.05) is 47.1 Å². The van der Waals surface area contributed by atoms with E-state index in [0.29, 0.717) is 17.5 Å². The second-order valence-corrected chi connectivity index (χ2v) is 9.95. The minimum absolute atomic E-state index is 0.00536. The van der Waals surface area contributed by atoms with Crippen LogP contribution in [-0.2, 0) is 0 Å². The summed E-state index contributed by atoms with van der Waals surface area (Å²) >= 11 is 0. The van der Waals surface area contributed by atoms with Crippen LogP contribution in [0.4, 0.5) is 5.69 Å². The van der Waals surface area contributed by atoms with Crippen molar-refractivity contribution < 1.29 is 4.79 Å². The highest BCUT2D eigenvalue weighted by atomic mass is 16.1. The highest BCUT2D eigenvalue weighted by Crippen LogP contribution is 2.33. The van der Waals surface area contributed by atoms with E-state index < -0.39 is 0 Å². The van der Waals surface area contributed by atoms with Gasteiger partial charge in [-0.15, -0.1) is 0 Å². The molecular weight excluding hydrogens is 446 g/mol. The maximum absolute atomic E-state index is 12.4. The summed E-state index contributed by atoms with van der Waals surface area (Å²) in [5, 5.41) is 7.77. The summed E-state index contributed by atoms with van der Waals surface area (Å²) < 4.78 is 2.15. The summed E-state index contributed by atoms with van der Waals surface area (Å²) in [6.07, 6.45) is 8.03. The minimum Gasteiger partial charge on any atom is -0.382 e. The van der Waals surface area contributed by atoms with Gasteiger partial charge in [-0.05, 0) is 54.7 Å². The van der Waals surface area contributed by atoms with Crippen LogP contribution in [0.25, 0.3) is 38.9 Å². The number of carbonyl (C=O) groups excluding carboxylic acids is 1. The SMILES string of the molecule is CC(C)CNc1cc(-c2cccc3ncccc23)cn2c(-c3ccc(C(=O)NC4CC4)cc3)cnc12. The third kappa shape index (κ3) is 4.31. The summed E-state index contributed by atoms with van der Waals surface area (Å²) in [5.74, 6) is 0.494. The van der Waals surface area contributed by atoms with Gasteiger partial charge in [0.2, 0.25) is 0 Å². The van der Waals surface area contributed by atoms with Crippen molar-refractivity contribution in [3.8, 4) is 22.4 Å². The molecule has 6 rings (SSSR count). The van der Waals surface area contributed by atoms with Gasteiger partial charge >= 0.3 is 0 Å². The molecule has 1 amide bonds.